The maximum atomic E-state index is 11.8. The third-order valence-corrected chi connectivity index (χ3v) is 6.63. The number of nitrogens with one attached hydrogen (secondary N) is 2. The number of guanidine groups is 1. The lowest BCUT2D eigenvalue weighted by molar-refractivity contribution is 0.215. The number of ether oxygens (including phenoxy) is 1. The Balaban J connectivity index is 0.00000676. The molecule has 6 nitrogen and oxygen atoms in total. The largest absolute Gasteiger partial charge is 0.490 e. The van der Waals surface area contributed by atoms with Crippen LogP contribution in [0.3, 0.4) is 0 Å². The topological polar surface area (TPSA) is 79.8 Å². The Bertz CT molecular complexity index is 734. The molecular weight excluding hydrogens is 477 g/mol. The van der Waals surface area contributed by atoms with Gasteiger partial charge < -0.3 is 15.4 Å². The monoisotopic (exact) mass is 511 g/mol. The molecule has 1 unspecified atom stereocenters. The Labute approximate surface area is 181 Å². The first-order chi connectivity index (χ1) is 12.0. The second-order valence-corrected chi connectivity index (χ2v) is 9.91. The second-order valence-electron chi connectivity index (χ2n) is 7.26. The predicted octanol–water partition coefficient (Wildman–Crippen LogP) is 3.28. The molecule has 0 radical (unpaired) electrons. The van der Waals surface area contributed by atoms with Crippen LogP contribution in [-0.2, 0) is 16.4 Å². The highest BCUT2D eigenvalue weighted by Crippen LogP contribution is 2.22. The van der Waals surface area contributed by atoms with E-state index in [2.05, 4.69) is 22.5 Å². The number of rotatable bonds is 8. The molecule has 0 saturated heterocycles. The fourth-order valence-corrected chi connectivity index (χ4v) is 2.38. The van der Waals surface area contributed by atoms with Gasteiger partial charge in [-0.15, -0.1) is 24.0 Å². The van der Waals surface area contributed by atoms with Crippen LogP contribution >= 0.6 is 24.0 Å². The molecule has 0 heterocycles. The fraction of sp³-hybridized carbons (Fsp3) is 0.632. The molecule has 0 spiro atoms. The molecule has 8 heteroatoms. The van der Waals surface area contributed by atoms with Crippen LogP contribution in [0.1, 0.15) is 45.2 Å². The van der Waals surface area contributed by atoms with Crippen LogP contribution in [0.4, 0.5) is 0 Å². The van der Waals surface area contributed by atoms with Crippen LogP contribution in [0.5, 0.6) is 5.75 Å². The van der Waals surface area contributed by atoms with E-state index in [-0.39, 0.29) is 36.6 Å². The van der Waals surface area contributed by atoms with E-state index in [1.165, 1.54) is 6.26 Å². The van der Waals surface area contributed by atoms with Crippen LogP contribution in [0.15, 0.2) is 23.2 Å². The van der Waals surface area contributed by atoms with Crippen molar-refractivity contribution in [3.8, 4) is 5.75 Å². The third kappa shape index (κ3) is 8.25. The number of aryl methyl sites for hydroxylation is 1. The normalized spacial score (nSPS) is 13.5. The number of aliphatic imine (C=N–C) groups is 1. The number of hydrogen-bond acceptors (Lipinski definition) is 4. The number of benzene rings is 1. The number of sulfone groups is 1. The average Bonchev–Trinajstić information content (AvgIpc) is 2.55. The molecule has 0 bridgehead atoms. The van der Waals surface area contributed by atoms with Crippen molar-refractivity contribution in [2.24, 2.45) is 4.99 Å². The molecule has 27 heavy (non-hydrogen) atoms. The van der Waals surface area contributed by atoms with Gasteiger partial charge in [0.1, 0.15) is 5.75 Å². The molecule has 0 aromatic heterocycles. The van der Waals surface area contributed by atoms with Gasteiger partial charge in [0.2, 0.25) is 0 Å². The summed E-state index contributed by atoms with van der Waals surface area (Å²) in [6.07, 6.45) is 2.32. The zero-order chi connectivity index (χ0) is 20.0. The third-order valence-electron chi connectivity index (χ3n) is 4.48. The Morgan fingerprint density at radius 2 is 1.93 bits per heavy atom. The van der Waals surface area contributed by atoms with E-state index >= 15 is 0 Å². The fourth-order valence-electron chi connectivity index (χ4n) is 2.04. The van der Waals surface area contributed by atoms with Gasteiger partial charge in [0.25, 0.3) is 0 Å². The van der Waals surface area contributed by atoms with Gasteiger partial charge in [0.05, 0.1) is 10.9 Å². The minimum absolute atomic E-state index is 0. The van der Waals surface area contributed by atoms with Crippen molar-refractivity contribution in [1.82, 2.24) is 10.6 Å². The molecule has 1 aromatic rings. The van der Waals surface area contributed by atoms with Crippen LogP contribution in [0.25, 0.3) is 0 Å². The molecule has 0 aliphatic carbocycles. The minimum Gasteiger partial charge on any atom is -0.490 e. The molecular formula is C19H34IN3O3S. The van der Waals surface area contributed by atoms with Crippen molar-refractivity contribution in [2.75, 3.05) is 19.8 Å². The summed E-state index contributed by atoms with van der Waals surface area (Å²) in [6.45, 7) is 10.4. The molecule has 0 aliphatic heterocycles. The minimum atomic E-state index is -3.17. The number of halogens is 1. The van der Waals surface area contributed by atoms with E-state index < -0.39 is 14.6 Å². The standard InChI is InChI=1S/C19H33N3O3S.HI/c1-8-15(3)25-17-11-14(2)9-10-16(17)12-21-18(20-6)22-13-19(4,5)26(7,23)24;/h9-11,15H,8,12-13H2,1-7H3,(H2,20,21,22);1H. The van der Waals surface area contributed by atoms with Crippen molar-refractivity contribution in [3.05, 3.63) is 29.3 Å². The summed E-state index contributed by atoms with van der Waals surface area (Å²) < 4.78 is 28.8. The maximum absolute atomic E-state index is 11.8. The van der Waals surface area contributed by atoms with Gasteiger partial charge in [-0.2, -0.15) is 0 Å². The maximum Gasteiger partial charge on any atom is 0.191 e. The van der Waals surface area contributed by atoms with E-state index in [1.807, 2.05) is 32.0 Å². The van der Waals surface area contributed by atoms with Crippen molar-refractivity contribution < 1.29 is 13.2 Å². The Morgan fingerprint density at radius 3 is 2.44 bits per heavy atom. The van der Waals surface area contributed by atoms with E-state index in [4.69, 9.17) is 4.74 Å². The van der Waals surface area contributed by atoms with Crippen LogP contribution in [0, 0.1) is 6.92 Å². The summed E-state index contributed by atoms with van der Waals surface area (Å²) in [6, 6.07) is 6.11. The lowest BCUT2D eigenvalue weighted by atomic mass is 10.1. The highest BCUT2D eigenvalue weighted by atomic mass is 127. The first-order valence-corrected chi connectivity index (χ1v) is 10.8. The van der Waals surface area contributed by atoms with Gasteiger partial charge >= 0.3 is 0 Å². The summed E-state index contributed by atoms with van der Waals surface area (Å²) in [4.78, 5) is 4.17. The van der Waals surface area contributed by atoms with E-state index in [1.54, 1.807) is 20.9 Å². The van der Waals surface area contributed by atoms with Crippen LogP contribution in [0.2, 0.25) is 0 Å². The van der Waals surface area contributed by atoms with E-state index in [9.17, 15) is 8.42 Å². The Hall–Kier alpha value is -1.03. The molecule has 156 valence electrons. The molecule has 2 N–H and O–H groups in total. The molecule has 1 aromatic carbocycles. The molecule has 1 rings (SSSR count). The van der Waals surface area contributed by atoms with Gasteiger partial charge in [-0.3, -0.25) is 4.99 Å². The van der Waals surface area contributed by atoms with E-state index in [0.717, 1.165) is 23.3 Å². The summed E-state index contributed by atoms with van der Waals surface area (Å²) >= 11 is 0. The highest BCUT2D eigenvalue weighted by molar-refractivity contribution is 14.0. The van der Waals surface area contributed by atoms with E-state index in [0.29, 0.717) is 12.5 Å². The second kappa shape index (κ2) is 11.1. The Morgan fingerprint density at radius 1 is 1.30 bits per heavy atom. The van der Waals surface area contributed by atoms with Gasteiger partial charge in [-0.1, -0.05) is 19.1 Å². The summed E-state index contributed by atoms with van der Waals surface area (Å²) in [5, 5.41) is 6.31. The van der Waals surface area contributed by atoms with Crippen molar-refractivity contribution in [1.29, 1.82) is 0 Å². The van der Waals surface area contributed by atoms with Gasteiger partial charge in [0, 0.05) is 32.0 Å². The van der Waals surface area contributed by atoms with Gasteiger partial charge in [-0.25, -0.2) is 8.42 Å². The van der Waals surface area contributed by atoms with Gasteiger partial charge in [-0.05, 0) is 45.7 Å². The molecule has 0 amide bonds. The van der Waals surface area contributed by atoms with Crippen molar-refractivity contribution >= 4 is 39.8 Å². The average molecular weight is 511 g/mol. The first kappa shape index (κ1) is 26.0. The molecule has 0 fully saturated rings. The quantitative estimate of drug-likeness (QED) is 0.318. The van der Waals surface area contributed by atoms with Crippen LogP contribution < -0.4 is 15.4 Å². The summed E-state index contributed by atoms with van der Waals surface area (Å²) in [5.74, 6) is 1.41. The van der Waals surface area contributed by atoms with Gasteiger partial charge in [0.15, 0.2) is 15.8 Å². The zero-order valence-electron chi connectivity index (χ0n) is 17.4. The highest BCUT2D eigenvalue weighted by Gasteiger charge is 2.30. The zero-order valence-corrected chi connectivity index (χ0v) is 20.6. The molecule has 1 atom stereocenters. The SMILES string of the molecule is CCC(C)Oc1cc(C)ccc1CNC(=NC)NCC(C)(C)S(C)(=O)=O.I. The smallest absolute Gasteiger partial charge is 0.191 e. The number of hydrogen-bond donors (Lipinski definition) is 2. The molecule has 0 saturated carbocycles. The summed E-state index contributed by atoms with van der Waals surface area (Å²) in [5.41, 5.74) is 2.17. The van der Waals surface area contributed by atoms with Crippen molar-refractivity contribution in [3.63, 3.8) is 0 Å². The predicted molar refractivity (Wildman–Crippen MR) is 124 cm³/mol. The summed E-state index contributed by atoms with van der Waals surface area (Å²) in [7, 11) is -1.51. The van der Waals surface area contributed by atoms with Crippen molar-refractivity contribution in [2.45, 2.75) is 58.4 Å². The van der Waals surface area contributed by atoms with Crippen LogP contribution in [-0.4, -0.2) is 45.1 Å². The first-order valence-electron chi connectivity index (χ1n) is 8.90. The Kier molecular flexibility index (Phi) is 10.7. The lowest BCUT2D eigenvalue weighted by Gasteiger charge is -2.24. The number of nitrogens with zero attached hydrogens (tertiary/aromatic N) is 1. The lowest BCUT2D eigenvalue weighted by Crippen LogP contribution is -2.47. The molecule has 0 aliphatic rings.